The zero-order valence-corrected chi connectivity index (χ0v) is 14.5. The van der Waals surface area contributed by atoms with Gasteiger partial charge in [-0.15, -0.1) is 0 Å². The van der Waals surface area contributed by atoms with Gasteiger partial charge in [-0.1, -0.05) is 42.5 Å². The summed E-state index contributed by atoms with van der Waals surface area (Å²) in [4.78, 5) is 12.4. The maximum atomic E-state index is 12.4. The average molecular weight is 322 g/mol. The monoisotopic (exact) mass is 322 g/mol. The van der Waals surface area contributed by atoms with Crippen LogP contribution < -0.4 is 0 Å². The van der Waals surface area contributed by atoms with E-state index in [2.05, 4.69) is 39.0 Å². The number of carbonyl (C=O) groups is 1. The zero-order chi connectivity index (χ0) is 17.3. The summed E-state index contributed by atoms with van der Waals surface area (Å²) in [5, 5.41) is 6.92. The molecule has 0 fully saturated rings. The Kier molecular flexibility index (Phi) is 4.14. The van der Waals surface area contributed by atoms with Crippen LogP contribution >= 0.6 is 0 Å². The molecule has 4 nitrogen and oxygen atoms in total. The van der Waals surface area contributed by atoms with Gasteiger partial charge in [-0.2, -0.15) is 5.10 Å². The Morgan fingerprint density at radius 1 is 1.12 bits per heavy atom. The molecule has 2 aromatic carbocycles. The fraction of sp³-hybridized carbons (Fsp3) is 0.300. The van der Waals surface area contributed by atoms with Gasteiger partial charge in [-0.05, 0) is 38.5 Å². The predicted molar refractivity (Wildman–Crippen MR) is 96.1 cm³/mol. The number of esters is 1. The summed E-state index contributed by atoms with van der Waals surface area (Å²) in [7, 11) is 0. The van der Waals surface area contributed by atoms with Gasteiger partial charge in [0.2, 0.25) is 0 Å². The highest BCUT2D eigenvalue weighted by Gasteiger charge is 2.24. The topological polar surface area (TPSA) is 44.1 Å². The van der Waals surface area contributed by atoms with E-state index in [1.807, 2.05) is 35.9 Å². The van der Waals surface area contributed by atoms with Crippen molar-refractivity contribution in [1.82, 2.24) is 9.78 Å². The Morgan fingerprint density at radius 3 is 2.54 bits per heavy atom. The molecule has 0 unspecified atom stereocenters. The first kappa shape index (κ1) is 16.2. The second-order valence-corrected chi connectivity index (χ2v) is 6.75. The van der Waals surface area contributed by atoms with E-state index in [-0.39, 0.29) is 11.5 Å². The maximum Gasteiger partial charge on any atom is 0.341 e. The van der Waals surface area contributed by atoms with Crippen molar-refractivity contribution in [3.05, 3.63) is 54.2 Å². The van der Waals surface area contributed by atoms with E-state index >= 15 is 0 Å². The van der Waals surface area contributed by atoms with E-state index in [0.29, 0.717) is 17.9 Å². The van der Waals surface area contributed by atoms with E-state index in [9.17, 15) is 4.79 Å². The van der Waals surface area contributed by atoms with Crippen LogP contribution in [0.4, 0.5) is 0 Å². The van der Waals surface area contributed by atoms with Crippen LogP contribution in [-0.2, 0) is 10.3 Å². The molecule has 4 heteroatoms. The van der Waals surface area contributed by atoms with Crippen LogP contribution in [0.5, 0.6) is 0 Å². The largest absolute Gasteiger partial charge is 0.462 e. The van der Waals surface area contributed by atoms with Crippen LogP contribution in [0.2, 0.25) is 0 Å². The minimum Gasteiger partial charge on any atom is -0.462 e. The van der Waals surface area contributed by atoms with Crippen molar-refractivity contribution in [3.63, 3.8) is 0 Å². The molecule has 0 atom stereocenters. The zero-order valence-electron chi connectivity index (χ0n) is 14.5. The Labute approximate surface area is 142 Å². The number of nitrogens with zero attached hydrogens (tertiary/aromatic N) is 2. The normalized spacial score (nSPS) is 11.7. The van der Waals surface area contributed by atoms with E-state index < -0.39 is 0 Å². The molecule has 1 aromatic heterocycles. The second-order valence-electron chi connectivity index (χ2n) is 6.75. The number of benzene rings is 2. The van der Waals surface area contributed by atoms with E-state index in [1.54, 1.807) is 6.20 Å². The number of aromatic nitrogens is 2. The third kappa shape index (κ3) is 2.92. The Balaban J connectivity index is 2.25. The SMILES string of the molecule is CCOC(=O)c1cn(C(C)(C)C)nc1-c1cccc2ccccc12. The van der Waals surface area contributed by atoms with Crippen molar-refractivity contribution in [2.75, 3.05) is 6.61 Å². The van der Waals surface area contributed by atoms with Crippen LogP contribution in [0.15, 0.2) is 48.7 Å². The highest BCUT2D eigenvalue weighted by Crippen LogP contribution is 2.31. The first-order valence-corrected chi connectivity index (χ1v) is 8.17. The highest BCUT2D eigenvalue weighted by atomic mass is 16.5. The number of fused-ring (bicyclic) bond motifs is 1. The smallest absolute Gasteiger partial charge is 0.341 e. The van der Waals surface area contributed by atoms with Crippen molar-refractivity contribution >= 4 is 16.7 Å². The minimum absolute atomic E-state index is 0.218. The van der Waals surface area contributed by atoms with Gasteiger partial charge in [0, 0.05) is 11.8 Å². The van der Waals surface area contributed by atoms with Crippen LogP contribution in [0, 0.1) is 0 Å². The minimum atomic E-state index is -0.337. The molecule has 3 aromatic rings. The lowest BCUT2D eigenvalue weighted by atomic mass is 10.0. The van der Waals surface area contributed by atoms with Gasteiger partial charge < -0.3 is 4.74 Å². The first-order valence-electron chi connectivity index (χ1n) is 8.17. The predicted octanol–water partition coefficient (Wildman–Crippen LogP) is 4.64. The fourth-order valence-electron chi connectivity index (χ4n) is 2.71. The van der Waals surface area contributed by atoms with Crippen molar-refractivity contribution in [2.45, 2.75) is 33.2 Å². The van der Waals surface area contributed by atoms with Gasteiger partial charge in [0.25, 0.3) is 0 Å². The van der Waals surface area contributed by atoms with Crippen molar-refractivity contribution in [1.29, 1.82) is 0 Å². The molecule has 0 spiro atoms. The molecule has 0 amide bonds. The summed E-state index contributed by atoms with van der Waals surface area (Å²) in [6, 6.07) is 14.2. The van der Waals surface area contributed by atoms with Crippen LogP contribution in [-0.4, -0.2) is 22.4 Å². The van der Waals surface area contributed by atoms with Gasteiger partial charge >= 0.3 is 5.97 Å². The van der Waals surface area contributed by atoms with Gasteiger partial charge in [-0.25, -0.2) is 4.79 Å². The van der Waals surface area contributed by atoms with Crippen LogP contribution in [0.1, 0.15) is 38.1 Å². The van der Waals surface area contributed by atoms with Crippen LogP contribution in [0.3, 0.4) is 0 Å². The second kappa shape index (κ2) is 6.11. The van der Waals surface area contributed by atoms with Gasteiger partial charge in [-0.3, -0.25) is 4.68 Å². The molecule has 0 bridgehead atoms. The summed E-state index contributed by atoms with van der Waals surface area (Å²) in [5.74, 6) is -0.337. The number of rotatable bonds is 3. The van der Waals surface area contributed by atoms with E-state index in [1.165, 1.54) is 0 Å². The van der Waals surface area contributed by atoms with E-state index in [4.69, 9.17) is 9.84 Å². The number of ether oxygens (including phenoxy) is 1. The molecule has 24 heavy (non-hydrogen) atoms. The summed E-state index contributed by atoms with van der Waals surface area (Å²) in [6.45, 7) is 8.32. The lowest BCUT2D eigenvalue weighted by molar-refractivity contribution is 0.0527. The quantitative estimate of drug-likeness (QED) is 0.660. The molecule has 0 aliphatic rings. The first-order chi connectivity index (χ1) is 11.4. The van der Waals surface area contributed by atoms with Gasteiger partial charge in [0.05, 0.1) is 12.1 Å². The molecule has 0 aliphatic heterocycles. The molecule has 0 aliphatic carbocycles. The van der Waals surface area contributed by atoms with Crippen LogP contribution in [0.25, 0.3) is 22.0 Å². The summed E-state index contributed by atoms with van der Waals surface area (Å²) >= 11 is 0. The Bertz CT molecular complexity index is 883. The van der Waals surface area contributed by atoms with E-state index in [0.717, 1.165) is 16.3 Å². The third-order valence-electron chi connectivity index (χ3n) is 3.94. The van der Waals surface area contributed by atoms with Crippen molar-refractivity contribution in [3.8, 4) is 11.3 Å². The number of carbonyl (C=O) groups excluding carboxylic acids is 1. The molecule has 1 heterocycles. The molecule has 0 N–H and O–H groups in total. The highest BCUT2D eigenvalue weighted by molar-refractivity contribution is 6.02. The lowest BCUT2D eigenvalue weighted by Gasteiger charge is -2.18. The lowest BCUT2D eigenvalue weighted by Crippen LogP contribution is -2.22. The molecule has 3 rings (SSSR count). The standard InChI is InChI=1S/C20H22N2O2/c1-5-24-19(23)17-13-22(20(2,3)4)21-18(17)16-12-8-10-14-9-6-7-11-15(14)16/h6-13H,5H2,1-4H3. The molecule has 124 valence electrons. The molecular weight excluding hydrogens is 300 g/mol. The average Bonchev–Trinajstić information content (AvgIpc) is 3.00. The molecule has 0 saturated carbocycles. The number of hydrogen-bond acceptors (Lipinski definition) is 3. The molecular formula is C20H22N2O2. The maximum absolute atomic E-state index is 12.4. The van der Waals surface area contributed by atoms with Gasteiger partial charge in [0.1, 0.15) is 11.3 Å². The van der Waals surface area contributed by atoms with Crippen molar-refractivity contribution < 1.29 is 9.53 Å². The Morgan fingerprint density at radius 2 is 1.83 bits per heavy atom. The summed E-state index contributed by atoms with van der Waals surface area (Å²) in [5.41, 5.74) is 1.90. The summed E-state index contributed by atoms with van der Waals surface area (Å²) < 4.78 is 7.07. The van der Waals surface area contributed by atoms with Crippen molar-refractivity contribution in [2.24, 2.45) is 0 Å². The third-order valence-corrected chi connectivity index (χ3v) is 3.94. The summed E-state index contributed by atoms with van der Waals surface area (Å²) in [6.07, 6.45) is 1.79. The Hall–Kier alpha value is -2.62. The van der Waals surface area contributed by atoms with Gasteiger partial charge in [0.15, 0.2) is 0 Å². The molecule has 0 saturated heterocycles. The number of hydrogen-bond donors (Lipinski definition) is 0. The molecule has 0 radical (unpaired) electrons. The fourth-order valence-corrected chi connectivity index (χ4v) is 2.71.